The van der Waals surface area contributed by atoms with Crippen molar-refractivity contribution in [3.63, 3.8) is 0 Å². The van der Waals surface area contributed by atoms with Gasteiger partial charge in [-0.15, -0.1) is 0 Å². The minimum atomic E-state index is -0.783. The van der Waals surface area contributed by atoms with Gasteiger partial charge >= 0.3 is 6.03 Å². The molecule has 1 N–H and O–H groups in total. The van der Waals surface area contributed by atoms with Crippen LogP contribution in [-0.2, 0) is 22.7 Å². The van der Waals surface area contributed by atoms with Gasteiger partial charge in [0.1, 0.15) is 23.7 Å². The molecule has 0 radical (unpaired) electrons. The highest BCUT2D eigenvalue weighted by Gasteiger charge is 2.36. The van der Waals surface area contributed by atoms with Crippen LogP contribution in [0.4, 0.5) is 4.79 Å². The smallest absolute Gasteiger partial charge is 0.331 e. The van der Waals surface area contributed by atoms with Gasteiger partial charge in [0.15, 0.2) is 0 Å². The minimum absolute atomic E-state index is 0.0712. The standard InChI is InChI=1S/C23H17BrN2O5/c24-19-12-16(8-9-20(19)31-14-15-5-2-1-3-6-15)11-18-21(27)25-23(29)26(22(18)28)13-17-7-4-10-30-17/h1-12H,13-14H2,(H,25,27,29)/b18-11+. The molecular weight excluding hydrogens is 464 g/mol. The molecule has 156 valence electrons. The van der Waals surface area contributed by atoms with E-state index in [0.717, 1.165) is 10.5 Å². The highest BCUT2D eigenvalue weighted by atomic mass is 79.9. The zero-order valence-corrected chi connectivity index (χ0v) is 17.8. The van der Waals surface area contributed by atoms with Gasteiger partial charge in [0.2, 0.25) is 0 Å². The first kappa shape index (κ1) is 20.6. The average Bonchev–Trinajstić information content (AvgIpc) is 3.27. The first-order valence-electron chi connectivity index (χ1n) is 9.39. The molecule has 2 heterocycles. The van der Waals surface area contributed by atoms with E-state index in [2.05, 4.69) is 21.2 Å². The van der Waals surface area contributed by atoms with Crippen LogP contribution in [0, 0.1) is 0 Å². The van der Waals surface area contributed by atoms with Crippen molar-refractivity contribution in [2.24, 2.45) is 0 Å². The number of rotatable bonds is 6. The topological polar surface area (TPSA) is 88.9 Å². The molecule has 4 amide bonds. The van der Waals surface area contributed by atoms with Crippen LogP contribution < -0.4 is 10.1 Å². The average molecular weight is 481 g/mol. The fourth-order valence-corrected chi connectivity index (χ4v) is 3.53. The fourth-order valence-electron chi connectivity index (χ4n) is 3.02. The Hall–Kier alpha value is -3.65. The molecule has 8 heteroatoms. The van der Waals surface area contributed by atoms with Crippen molar-refractivity contribution < 1.29 is 23.5 Å². The summed E-state index contributed by atoms with van der Waals surface area (Å²) in [5.74, 6) is -0.378. The summed E-state index contributed by atoms with van der Waals surface area (Å²) >= 11 is 3.46. The number of carbonyl (C=O) groups excluding carboxylic acids is 3. The molecule has 3 aromatic rings. The van der Waals surface area contributed by atoms with Crippen molar-refractivity contribution >= 4 is 39.9 Å². The van der Waals surface area contributed by atoms with Crippen molar-refractivity contribution in [3.05, 3.63) is 93.9 Å². The van der Waals surface area contributed by atoms with E-state index in [9.17, 15) is 14.4 Å². The number of urea groups is 1. The second-order valence-corrected chi connectivity index (χ2v) is 7.61. The Morgan fingerprint density at radius 2 is 1.84 bits per heavy atom. The first-order chi connectivity index (χ1) is 15.0. The second kappa shape index (κ2) is 9.01. The van der Waals surface area contributed by atoms with E-state index in [1.165, 1.54) is 12.3 Å². The van der Waals surface area contributed by atoms with E-state index < -0.39 is 17.8 Å². The van der Waals surface area contributed by atoms with E-state index in [1.54, 1.807) is 30.3 Å². The maximum atomic E-state index is 12.8. The lowest BCUT2D eigenvalue weighted by Gasteiger charge is -2.25. The maximum absolute atomic E-state index is 12.8. The highest BCUT2D eigenvalue weighted by Crippen LogP contribution is 2.28. The Bertz CT molecular complexity index is 1160. The number of furan rings is 1. The first-order valence-corrected chi connectivity index (χ1v) is 10.2. The molecule has 1 saturated heterocycles. The Morgan fingerprint density at radius 3 is 2.55 bits per heavy atom. The van der Waals surface area contributed by atoms with Gasteiger partial charge in [-0.1, -0.05) is 36.4 Å². The summed E-state index contributed by atoms with van der Waals surface area (Å²) in [5.41, 5.74) is 1.49. The summed E-state index contributed by atoms with van der Waals surface area (Å²) in [6.45, 7) is 0.336. The largest absolute Gasteiger partial charge is 0.488 e. The Balaban J connectivity index is 1.52. The molecule has 1 aliphatic rings. The van der Waals surface area contributed by atoms with Crippen LogP contribution in [0.15, 0.2) is 81.4 Å². The Morgan fingerprint density at radius 1 is 1.03 bits per heavy atom. The summed E-state index contributed by atoms with van der Waals surface area (Å²) in [6.07, 6.45) is 2.88. The van der Waals surface area contributed by atoms with Gasteiger partial charge in [0.05, 0.1) is 17.3 Å². The van der Waals surface area contributed by atoms with Crippen LogP contribution >= 0.6 is 15.9 Å². The van der Waals surface area contributed by atoms with Gasteiger partial charge in [-0.3, -0.25) is 19.8 Å². The Kier molecular flexibility index (Phi) is 5.99. The van der Waals surface area contributed by atoms with Crippen LogP contribution in [0.1, 0.15) is 16.9 Å². The molecule has 1 aliphatic heterocycles. The normalized spacial score (nSPS) is 15.3. The maximum Gasteiger partial charge on any atom is 0.331 e. The number of nitrogens with zero attached hydrogens (tertiary/aromatic N) is 1. The summed E-state index contributed by atoms with van der Waals surface area (Å²) in [4.78, 5) is 38.1. The zero-order chi connectivity index (χ0) is 21.8. The van der Waals surface area contributed by atoms with Gasteiger partial charge in [-0.2, -0.15) is 0 Å². The van der Waals surface area contributed by atoms with Crippen LogP contribution in [0.3, 0.4) is 0 Å². The van der Waals surface area contributed by atoms with Crippen LogP contribution in [0.25, 0.3) is 6.08 Å². The van der Waals surface area contributed by atoms with Gasteiger partial charge in [0.25, 0.3) is 11.8 Å². The molecule has 2 aromatic carbocycles. The van der Waals surface area contributed by atoms with Gasteiger partial charge in [-0.25, -0.2) is 4.79 Å². The molecule has 0 atom stereocenters. The molecule has 0 spiro atoms. The van der Waals surface area contributed by atoms with Gasteiger partial charge in [-0.05, 0) is 57.4 Å². The van der Waals surface area contributed by atoms with E-state index in [1.807, 2.05) is 30.3 Å². The number of amides is 4. The van der Waals surface area contributed by atoms with E-state index in [0.29, 0.717) is 28.2 Å². The molecule has 4 rings (SSSR count). The van der Waals surface area contributed by atoms with E-state index in [4.69, 9.17) is 9.15 Å². The third-order valence-electron chi connectivity index (χ3n) is 4.58. The number of hydrogen-bond acceptors (Lipinski definition) is 5. The minimum Gasteiger partial charge on any atom is -0.488 e. The quantitative estimate of drug-likeness (QED) is 0.420. The second-order valence-electron chi connectivity index (χ2n) is 6.75. The summed E-state index contributed by atoms with van der Waals surface area (Å²) in [7, 11) is 0. The van der Waals surface area contributed by atoms with Crippen molar-refractivity contribution in [2.45, 2.75) is 13.2 Å². The molecule has 1 aromatic heterocycles. The number of barbiturate groups is 1. The van der Waals surface area contributed by atoms with Gasteiger partial charge < -0.3 is 9.15 Å². The lowest BCUT2D eigenvalue weighted by molar-refractivity contribution is -0.130. The lowest BCUT2D eigenvalue weighted by Crippen LogP contribution is -2.53. The van der Waals surface area contributed by atoms with E-state index >= 15 is 0 Å². The predicted octanol–water partition coefficient (Wildman–Crippen LogP) is 4.28. The molecular formula is C23H17BrN2O5. The molecule has 0 bridgehead atoms. The summed E-state index contributed by atoms with van der Waals surface area (Å²) < 4.78 is 11.7. The van der Waals surface area contributed by atoms with E-state index in [-0.39, 0.29) is 12.1 Å². The zero-order valence-electron chi connectivity index (χ0n) is 16.2. The number of carbonyl (C=O) groups is 3. The molecule has 31 heavy (non-hydrogen) atoms. The molecule has 0 saturated carbocycles. The van der Waals surface area contributed by atoms with Crippen LogP contribution in [0.5, 0.6) is 5.75 Å². The summed E-state index contributed by atoms with van der Waals surface area (Å²) in [5, 5.41) is 2.19. The van der Waals surface area contributed by atoms with Crippen molar-refractivity contribution in [1.82, 2.24) is 10.2 Å². The highest BCUT2D eigenvalue weighted by molar-refractivity contribution is 9.10. The lowest BCUT2D eigenvalue weighted by atomic mass is 10.1. The molecule has 0 aliphatic carbocycles. The predicted molar refractivity (Wildman–Crippen MR) is 116 cm³/mol. The number of nitrogens with one attached hydrogen (secondary N) is 1. The number of hydrogen-bond donors (Lipinski definition) is 1. The van der Waals surface area contributed by atoms with Crippen molar-refractivity contribution in [3.8, 4) is 5.75 Å². The van der Waals surface area contributed by atoms with Crippen molar-refractivity contribution in [2.75, 3.05) is 0 Å². The molecule has 1 fully saturated rings. The van der Waals surface area contributed by atoms with Crippen LogP contribution in [0.2, 0.25) is 0 Å². The fraction of sp³-hybridized carbons (Fsp3) is 0.0870. The third kappa shape index (κ3) is 4.75. The van der Waals surface area contributed by atoms with Gasteiger partial charge in [0, 0.05) is 0 Å². The van der Waals surface area contributed by atoms with Crippen LogP contribution in [-0.4, -0.2) is 22.7 Å². The third-order valence-corrected chi connectivity index (χ3v) is 5.20. The molecule has 7 nitrogen and oxygen atoms in total. The van der Waals surface area contributed by atoms with Crippen molar-refractivity contribution in [1.29, 1.82) is 0 Å². The monoisotopic (exact) mass is 480 g/mol. The number of imide groups is 2. The SMILES string of the molecule is O=C1NC(=O)N(Cc2ccco2)C(=O)/C1=C/c1ccc(OCc2ccccc2)c(Br)c1. The Labute approximate surface area is 186 Å². The number of benzene rings is 2. The summed E-state index contributed by atoms with van der Waals surface area (Å²) in [6, 6.07) is 17.5. The number of halogens is 1. The number of ether oxygens (including phenoxy) is 1. The molecule has 0 unspecified atom stereocenters.